The van der Waals surface area contributed by atoms with E-state index in [4.69, 9.17) is 0 Å². The number of hydrogen-bond acceptors (Lipinski definition) is 4. The summed E-state index contributed by atoms with van der Waals surface area (Å²) in [4.78, 5) is 23.9. The quantitative estimate of drug-likeness (QED) is 0.896. The van der Waals surface area contributed by atoms with Crippen LogP contribution in [0.25, 0.3) is 11.3 Å². The van der Waals surface area contributed by atoms with Crippen LogP contribution < -0.4 is 10.2 Å². The van der Waals surface area contributed by atoms with Crippen molar-refractivity contribution in [1.82, 2.24) is 15.3 Å². The molecular weight excluding hydrogens is 336 g/mol. The van der Waals surface area contributed by atoms with E-state index in [-0.39, 0.29) is 11.8 Å². The van der Waals surface area contributed by atoms with Crippen molar-refractivity contribution in [2.24, 2.45) is 5.92 Å². The lowest BCUT2D eigenvalue weighted by atomic mass is 9.93. The Morgan fingerprint density at radius 2 is 1.81 bits per heavy atom. The summed E-state index contributed by atoms with van der Waals surface area (Å²) in [6.07, 6.45) is 9.67. The van der Waals surface area contributed by atoms with Crippen molar-refractivity contribution in [1.29, 1.82) is 0 Å². The van der Waals surface area contributed by atoms with E-state index in [1.807, 2.05) is 24.3 Å². The molecule has 2 aromatic rings. The summed E-state index contributed by atoms with van der Waals surface area (Å²) in [6, 6.07) is 12.6. The number of carbonyl (C=O) groups excluding carboxylic acids is 1. The molecule has 1 saturated heterocycles. The Bertz CT molecular complexity index is 758. The van der Waals surface area contributed by atoms with Crippen LogP contribution in [0, 0.1) is 5.92 Å². The van der Waals surface area contributed by atoms with Gasteiger partial charge >= 0.3 is 0 Å². The first kappa shape index (κ1) is 18.0. The van der Waals surface area contributed by atoms with Gasteiger partial charge in [-0.15, -0.1) is 0 Å². The van der Waals surface area contributed by atoms with Crippen LogP contribution in [0.4, 0.5) is 5.82 Å². The van der Waals surface area contributed by atoms with Crippen molar-refractivity contribution in [3.8, 4) is 11.3 Å². The van der Waals surface area contributed by atoms with Crippen LogP contribution in [0.1, 0.15) is 44.9 Å². The lowest BCUT2D eigenvalue weighted by molar-refractivity contribution is -0.126. The summed E-state index contributed by atoms with van der Waals surface area (Å²) < 4.78 is 0. The number of benzene rings is 1. The standard InChI is InChI=1S/C22H28N4O/c27-22(25-19-11-5-2-6-12-19)18-10-7-13-26(15-18)21-14-20(23-16-24-21)17-8-3-1-4-9-17/h1,3-4,8-9,14,16,18-19H,2,5-7,10-13,15H2,(H,25,27). The Hall–Kier alpha value is -2.43. The van der Waals surface area contributed by atoms with E-state index < -0.39 is 0 Å². The first-order valence-corrected chi connectivity index (χ1v) is 10.2. The number of piperidine rings is 1. The van der Waals surface area contributed by atoms with Gasteiger partial charge in [0.15, 0.2) is 0 Å². The number of carbonyl (C=O) groups is 1. The minimum Gasteiger partial charge on any atom is -0.356 e. The van der Waals surface area contributed by atoms with E-state index in [1.54, 1.807) is 6.33 Å². The Kier molecular flexibility index (Phi) is 5.66. The molecule has 5 nitrogen and oxygen atoms in total. The normalized spacial score (nSPS) is 21.0. The Balaban J connectivity index is 1.43. The monoisotopic (exact) mass is 364 g/mol. The van der Waals surface area contributed by atoms with Gasteiger partial charge in [0.25, 0.3) is 0 Å². The molecule has 1 N–H and O–H groups in total. The van der Waals surface area contributed by atoms with Crippen molar-refractivity contribution in [2.75, 3.05) is 18.0 Å². The summed E-state index contributed by atoms with van der Waals surface area (Å²) in [6.45, 7) is 1.68. The van der Waals surface area contributed by atoms with Gasteiger partial charge in [-0.2, -0.15) is 0 Å². The predicted octanol–water partition coefficient (Wildman–Crippen LogP) is 3.81. The van der Waals surface area contributed by atoms with Gasteiger partial charge < -0.3 is 10.2 Å². The molecule has 2 heterocycles. The maximum atomic E-state index is 12.8. The molecule has 1 amide bonds. The largest absolute Gasteiger partial charge is 0.356 e. The highest BCUT2D eigenvalue weighted by molar-refractivity contribution is 5.80. The summed E-state index contributed by atoms with van der Waals surface area (Å²) in [5.74, 6) is 1.19. The fraction of sp³-hybridized carbons (Fsp3) is 0.500. The minimum atomic E-state index is 0.0517. The minimum absolute atomic E-state index is 0.0517. The number of rotatable bonds is 4. The highest BCUT2D eigenvalue weighted by Crippen LogP contribution is 2.26. The third-order valence-electron chi connectivity index (χ3n) is 5.79. The second-order valence-electron chi connectivity index (χ2n) is 7.76. The highest BCUT2D eigenvalue weighted by Gasteiger charge is 2.28. The van der Waals surface area contributed by atoms with Crippen LogP contribution in [-0.4, -0.2) is 35.0 Å². The lowest BCUT2D eigenvalue weighted by Crippen LogP contribution is -2.46. The van der Waals surface area contributed by atoms with Gasteiger partial charge in [-0.1, -0.05) is 49.6 Å². The van der Waals surface area contributed by atoms with Gasteiger partial charge in [0.1, 0.15) is 12.1 Å². The van der Waals surface area contributed by atoms with Crippen molar-refractivity contribution < 1.29 is 4.79 Å². The molecule has 27 heavy (non-hydrogen) atoms. The first-order valence-electron chi connectivity index (χ1n) is 10.2. The van der Waals surface area contributed by atoms with Crippen LogP contribution in [0.2, 0.25) is 0 Å². The smallest absolute Gasteiger partial charge is 0.225 e. The third-order valence-corrected chi connectivity index (χ3v) is 5.79. The molecule has 2 aliphatic rings. The zero-order chi connectivity index (χ0) is 18.5. The van der Waals surface area contributed by atoms with Crippen LogP contribution in [0.15, 0.2) is 42.7 Å². The molecule has 0 radical (unpaired) electrons. The van der Waals surface area contributed by atoms with E-state index in [0.717, 1.165) is 55.8 Å². The van der Waals surface area contributed by atoms with E-state index in [0.29, 0.717) is 6.04 Å². The zero-order valence-electron chi connectivity index (χ0n) is 15.8. The van der Waals surface area contributed by atoms with Gasteiger partial charge in [0.2, 0.25) is 5.91 Å². The summed E-state index contributed by atoms with van der Waals surface area (Å²) in [5.41, 5.74) is 2.01. The number of aromatic nitrogens is 2. The van der Waals surface area contributed by atoms with Crippen LogP contribution in [-0.2, 0) is 4.79 Å². The maximum Gasteiger partial charge on any atom is 0.225 e. The molecule has 1 aliphatic heterocycles. The Labute approximate surface area is 161 Å². The van der Waals surface area contributed by atoms with E-state index in [9.17, 15) is 4.79 Å². The average Bonchev–Trinajstić information content (AvgIpc) is 2.75. The second-order valence-corrected chi connectivity index (χ2v) is 7.76. The molecule has 142 valence electrons. The molecule has 5 heteroatoms. The van der Waals surface area contributed by atoms with Crippen molar-refractivity contribution in [3.05, 3.63) is 42.7 Å². The van der Waals surface area contributed by atoms with Gasteiger partial charge in [-0.3, -0.25) is 4.79 Å². The molecule has 0 spiro atoms. The van der Waals surface area contributed by atoms with Crippen molar-refractivity contribution in [3.63, 3.8) is 0 Å². The Morgan fingerprint density at radius 3 is 2.63 bits per heavy atom. The van der Waals surface area contributed by atoms with Crippen molar-refractivity contribution >= 4 is 11.7 Å². The molecule has 0 bridgehead atoms. The fourth-order valence-electron chi connectivity index (χ4n) is 4.25. The molecule has 1 aliphatic carbocycles. The molecule has 1 aromatic carbocycles. The van der Waals surface area contributed by atoms with Crippen LogP contribution >= 0.6 is 0 Å². The molecule has 1 saturated carbocycles. The second kappa shape index (κ2) is 8.51. The highest BCUT2D eigenvalue weighted by atomic mass is 16.2. The van der Waals surface area contributed by atoms with E-state index >= 15 is 0 Å². The average molecular weight is 364 g/mol. The molecular formula is C22H28N4O. The summed E-state index contributed by atoms with van der Waals surface area (Å²) in [7, 11) is 0. The lowest BCUT2D eigenvalue weighted by Gasteiger charge is -2.34. The number of anilines is 1. The van der Waals surface area contributed by atoms with E-state index in [1.165, 1.54) is 19.3 Å². The zero-order valence-corrected chi connectivity index (χ0v) is 15.8. The predicted molar refractivity (Wildman–Crippen MR) is 107 cm³/mol. The summed E-state index contributed by atoms with van der Waals surface area (Å²) in [5, 5.41) is 3.30. The maximum absolute atomic E-state index is 12.8. The molecule has 1 unspecified atom stereocenters. The van der Waals surface area contributed by atoms with E-state index in [2.05, 4.69) is 32.3 Å². The number of nitrogens with zero attached hydrogens (tertiary/aromatic N) is 3. The van der Waals surface area contributed by atoms with Gasteiger partial charge in [-0.25, -0.2) is 9.97 Å². The molecule has 1 aromatic heterocycles. The molecule has 1 atom stereocenters. The Morgan fingerprint density at radius 1 is 1.00 bits per heavy atom. The van der Waals surface area contributed by atoms with Crippen LogP contribution in [0.5, 0.6) is 0 Å². The fourth-order valence-corrected chi connectivity index (χ4v) is 4.25. The number of nitrogens with one attached hydrogen (secondary N) is 1. The number of amides is 1. The third kappa shape index (κ3) is 4.46. The SMILES string of the molecule is O=C(NC1CCCCC1)C1CCCN(c2cc(-c3ccccc3)ncn2)C1. The van der Waals surface area contributed by atoms with Crippen LogP contribution in [0.3, 0.4) is 0 Å². The van der Waals surface area contributed by atoms with Gasteiger partial charge in [0.05, 0.1) is 11.6 Å². The molecule has 2 fully saturated rings. The molecule has 4 rings (SSSR count). The topological polar surface area (TPSA) is 58.1 Å². The van der Waals surface area contributed by atoms with Gasteiger partial charge in [-0.05, 0) is 25.7 Å². The van der Waals surface area contributed by atoms with Gasteiger partial charge in [0, 0.05) is 30.8 Å². The van der Waals surface area contributed by atoms with Crippen molar-refractivity contribution in [2.45, 2.75) is 51.0 Å². The first-order chi connectivity index (χ1) is 13.3. The number of hydrogen-bond donors (Lipinski definition) is 1. The summed E-state index contributed by atoms with van der Waals surface area (Å²) >= 11 is 0.